The Morgan fingerprint density at radius 2 is 2.33 bits per heavy atom. The van der Waals surface area contributed by atoms with E-state index in [4.69, 9.17) is 11.6 Å². The number of thiazole rings is 1. The summed E-state index contributed by atoms with van der Waals surface area (Å²) in [6, 6.07) is 0. The number of carbonyl (C=O) groups is 1. The molecule has 0 bridgehead atoms. The Morgan fingerprint density at radius 1 is 1.53 bits per heavy atom. The molecule has 2 rings (SSSR count). The molecule has 0 atom stereocenters. The predicted molar refractivity (Wildman–Crippen MR) is 64.2 cm³/mol. The second kappa shape index (κ2) is 4.43. The third-order valence-electron chi connectivity index (χ3n) is 1.95. The minimum Gasteiger partial charge on any atom is -0.293 e. The van der Waals surface area contributed by atoms with Crippen molar-refractivity contribution in [2.75, 3.05) is 0 Å². The lowest BCUT2D eigenvalue weighted by Crippen LogP contribution is -2.01. The van der Waals surface area contributed by atoms with Gasteiger partial charge in [-0.2, -0.15) is 0 Å². The van der Waals surface area contributed by atoms with Crippen LogP contribution in [0.5, 0.6) is 0 Å². The maximum Gasteiger partial charge on any atom is 0.181 e. The summed E-state index contributed by atoms with van der Waals surface area (Å²) in [6.07, 6.45) is 2.05. The second-order valence-electron chi connectivity index (χ2n) is 3.09. The lowest BCUT2D eigenvalue weighted by Gasteiger charge is -1.95. The molecule has 0 unspecified atom stereocenters. The number of aryl methyl sites for hydroxylation is 1. The first-order valence-electron chi connectivity index (χ1n) is 4.33. The molecular formula is C10H8ClNOS2. The molecule has 5 heteroatoms. The number of halogens is 1. The molecule has 0 saturated carbocycles. The molecular weight excluding hydrogens is 250 g/mol. The highest BCUT2D eigenvalue weighted by Gasteiger charge is 2.15. The van der Waals surface area contributed by atoms with Crippen molar-refractivity contribution in [2.45, 2.75) is 13.3 Å². The zero-order chi connectivity index (χ0) is 10.8. The van der Waals surface area contributed by atoms with Gasteiger partial charge in [0.05, 0.1) is 16.3 Å². The Labute approximate surface area is 101 Å². The van der Waals surface area contributed by atoms with Gasteiger partial charge < -0.3 is 0 Å². The van der Waals surface area contributed by atoms with Crippen LogP contribution in [0.25, 0.3) is 0 Å². The maximum absolute atomic E-state index is 11.8. The summed E-state index contributed by atoms with van der Waals surface area (Å²) >= 11 is 8.91. The van der Waals surface area contributed by atoms with Crippen molar-refractivity contribution in [2.24, 2.45) is 0 Å². The van der Waals surface area contributed by atoms with Gasteiger partial charge in [-0.3, -0.25) is 4.79 Å². The van der Waals surface area contributed by atoms with Crippen LogP contribution in [0.2, 0.25) is 5.02 Å². The number of carbonyl (C=O) groups excluding carboxylic acids is 1. The fourth-order valence-electron chi connectivity index (χ4n) is 1.18. The third-order valence-corrected chi connectivity index (χ3v) is 4.47. The molecule has 0 aliphatic carbocycles. The summed E-state index contributed by atoms with van der Waals surface area (Å²) in [6.45, 7) is 1.90. The van der Waals surface area contributed by atoms with Crippen LogP contribution in [-0.4, -0.2) is 10.8 Å². The molecule has 0 aliphatic heterocycles. The second-order valence-corrected chi connectivity index (χ2v) is 5.32. The first-order chi connectivity index (χ1) is 7.18. The monoisotopic (exact) mass is 257 g/mol. The van der Waals surface area contributed by atoms with E-state index >= 15 is 0 Å². The molecule has 0 fully saturated rings. The van der Waals surface area contributed by atoms with Gasteiger partial charge in [-0.25, -0.2) is 4.98 Å². The summed E-state index contributed by atoms with van der Waals surface area (Å²) in [5.41, 5.74) is 0.962. The molecule has 2 heterocycles. The average Bonchev–Trinajstić information content (AvgIpc) is 2.79. The van der Waals surface area contributed by atoms with E-state index in [1.165, 1.54) is 22.7 Å². The molecule has 0 aromatic carbocycles. The Balaban J connectivity index is 2.19. The Morgan fingerprint density at radius 3 is 2.87 bits per heavy atom. The Bertz CT molecular complexity index is 476. The van der Waals surface area contributed by atoms with Crippen molar-refractivity contribution in [1.82, 2.24) is 4.98 Å². The maximum atomic E-state index is 11.8. The van der Waals surface area contributed by atoms with Crippen LogP contribution in [-0.2, 0) is 6.42 Å². The number of rotatable bonds is 3. The first kappa shape index (κ1) is 10.8. The average molecular weight is 258 g/mol. The minimum atomic E-state index is 0.0491. The lowest BCUT2D eigenvalue weighted by molar-refractivity contribution is 0.0997. The largest absolute Gasteiger partial charge is 0.293 e. The van der Waals surface area contributed by atoms with Crippen LogP contribution in [0.3, 0.4) is 0 Å². The highest BCUT2D eigenvalue weighted by atomic mass is 35.5. The summed E-state index contributed by atoms with van der Waals surface area (Å²) in [5, 5.41) is 5.19. The fourth-order valence-corrected chi connectivity index (χ4v) is 3.03. The molecule has 0 amide bonds. The standard InChI is InChI=1S/C10H8ClNOS2/c1-6-5-15-10(9(6)11)7(13)4-8-12-2-3-14-8/h2-3,5H,4H2,1H3. The molecule has 0 radical (unpaired) electrons. The van der Waals surface area contributed by atoms with Crippen molar-refractivity contribution in [3.8, 4) is 0 Å². The minimum absolute atomic E-state index is 0.0491. The van der Waals surface area contributed by atoms with Crippen LogP contribution < -0.4 is 0 Å². The number of hydrogen-bond acceptors (Lipinski definition) is 4. The van der Waals surface area contributed by atoms with Crippen molar-refractivity contribution >= 4 is 40.1 Å². The number of Topliss-reactive ketones (excluding diaryl/α,β-unsaturated/α-hetero) is 1. The van der Waals surface area contributed by atoms with Crippen LogP contribution in [0.4, 0.5) is 0 Å². The number of nitrogens with zero attached hydrogens (tertiary/aromatic N) is 1. The molecule has 0 aliphatic rings. The Kier molecular flexibility index (Phi) is 3.19. The van der Waals surface area contributed by atoms with E-state index in [-0.39, 0.29) is 5.78 Å². The lowest BCUT2D eigenvalue weighted by atomic mass is 10.2. The molecule has 2 aromatic heterocycles. The van der Waals surface area contributed by atoms with E-state index in [1.54, 1.807) is 6.20 Å². The van der Waals surface area contributed by atoms with Crippen molar-refractivity contribution in [1.29, 1.82) is 0 Å². The van der Waals surface area contributed by atoms with Gasteiger partial charge in [0.25, 0.3) is 0 Å². The highest BCUT2D eigenvalue weighted by Crippen LogP contribution is 2.28. The summed E-state index contributed by atoms with van der Waals surface area (Å²) < 4.78 is 0. The van der Waals surface area contributed by atoms with Gasteiger partial charge in [-0.05, 0) is 17.9 Å². The molecule has 78 valence electrons. The van der Waals surface area contributed by atoms with Crippen molar-refractivity contribution in [3.63, 3.8) is 0 Å². The molecule has 2 nitrogen and oxygen atoms in total. The van der Waals surface area contributed by atoms with E-state index in [9.17, 15) is 4.79 Å². The SMILES string of the molecule is Cc1csc(C(=O)Cc2nccs2)c1Cl. The van der Waals surface area contributed by atoms with Crippen molar-refractivity contribution in [3.05, 3.63) is 37.4 Å². The van der Waals surface area contributed by atoms with E-state index < -0.39 is 0 Å². The summed E-state index contributed by atoms with van der Waals surface area (Å²) in [7, 11) is 0. The number of aromatic nitrogens is 1. The number of thiophene rings is 1. The van der Waals surface area contributed by atoms with Gasteiger partial charge in [0, 0.05) is 11.6 Å². The highest BCUT2D eigenvalue weighted by molar-refractivity contribution is 7.13. The van der Waals surface area contributed by atoms with Gasteiger partial charge in [-0.15, -0.1) is 22.7 Å². The topological polar surface area (TPSA) is 30.0 Å². The number of hydrogen-bond donors (Lipinski definition) is 0. The zero-order valence-electron chi connectivity index (χ0n) is 7.99. The van der Waals surface area contributed by atoms with E-state index in [0.717, 1.165) is 10.6 Å². The third kappa shape index (κ3) is 2.27. The molecule has 0 saturated heterocycles. The molecule has 15 heavy (non-hydrogen) atoms. The smallest absolute Gasteiger partial charge is 0.181 e. The van der Waals surface area contributed by atoms with Crippen LogP contribution in [0, 0.1) is 6.92 Å². The van der Waals surface area contributed by atoms with Crippen molar-refractivity contribution < 1.29 is 4.79 Å². The molecule has 0 spiro atoms. The molecule has 0 N–H and O–H groups in total. The first-order valence-corrected chi connectivity index (χ1v) is 6.47. The van der Waals surface area contributed by atoms with Gasteiger partial charge in [0.2, 0.25) is 0 Å². The van der Waals surface area contributed by atoms with E-state index in [0.29, 0.717) is 16.3 Å². The van der Waals surface area contributed by atoms with Gasteiger partial charge in [0.15, 0.2) is 5.78 Å². The van der Waals surface area contributed by atoms with E-state index in [2.05, 4.69) is 4.98 Å². The fraction of sp³-hybridized carbons (Fsp3) is 0.200. The van der Waals surface area contributed by atoms with Crippen LogP contribution >= 0.6 is 34.3 Å². The Hall–Kier alpha value is -0.710. The predicted octanol–water partition coefficient (Wildman–Crippen LogP) is 3.59. The summed E-state index contributed by atoms with van der Waals surface area (Å²) in [4.78, 5) is 16.6. The quantitative estimate of drug-likeness (QED) is 0.787. The normalized spacial score (nSPS) is 10.5. The molecule has 2 aromatic rings. The number of ketones is 1. The van der Waals surface area contributed by atoms with Gasteiger partial charge in [0.1, 0.15) is 5.01 Å². The van der Waals surface area contributed by atoms with E-state index in [1.807, 2.05) is 17.7 Å². The van der Waals surface area contributed by atoms with Crippen LogP contribution in [0.15, 0.2) is 17.0 Å². The van der Waals surface area contributed by atoms with Gasteiger partial charge in [-0.1, -0.05) is 11.6 Å². The summed E-state index contributed by atoms with van der Waals surface area (Å²) in [5.74, 6) is 0.0491. The van der Waals surface area contributed by atoms with Gasteiger partial charge >= 0.3 is 0 Å². The zero-order valence-corrected chi connectivity index (χ0v) is 10.4. The van der Waals surface area contributed by atoms with Crippen LogP contribution in [0.1, 0.15) is 20.2 Å².